The van der Waals surface area contributed by atoms with Crippen LogP contribution in [0.2, 0.25) is 0 Å². The molecule has 1 aliphatic heterocycles. The Hall–Kier alpha value is -2.14. The first-order valence-corrected chi connectivity index (χ1v) is 6.45. The fourth-order valence-corrected chi connectivity index (χ4v) is 2.46. The molecule has 1 aromatic heterocycles. The van der Waals surface area contributed by atoms with Crippen molar-refractivity contribution in [2.45, 2.75) is 18.9 Å². The monoisotopic (exact) mass is 256 g/mol. The molecule has 5 heteroatoms. The van der Waals surface area contributed by atoms with Gasteiger partial charge in [0, 0.05) is 22.7 Å². The number of hydrogen-bond donors (Lipinski definition) is 4. The SMILES string of the molecule is N=C(NC(=O)[C@@H]1CCCN1)c1c[nH]c2ccccc12. The number of amides is 1. The van der Waals surface area contributed by atoms with Gasteiger partial charge in [-0.25, -0.2) is 0 Å². The zero-order valence-corrected chi connectivity index (χ0v) is 10.5. The molecule has 1 aliphatic rings. The van der Waals surface area contributed by atoms with Gasteiger partial charge in [-0.2, -0.15) is 0 Å². The van der Waals surface area contributed by atoms with Crippen LogP contribution in [0.4, 0.5) is 0 Å². The van der Waals surface area contributed by atoms with Gasteiger partial charge < -0.3 is 15.6 Å². The van der Waals surface area contributed by atoms with Crippen LogP contribution in [0.1, 0.15) is 18.4 Å². The van der Waals surface area contributed by atoms with Crippen molar-refractivity contribution >= 4 is 22.6 Å². The largest absolute Gasteiger partial charge is 0.360 e. The minimum absolute atomic E-state index is 0.118. The second-order valence-electron chi connectivity index (χ2n) is 4.76. The molecule has 1 fully saturated rings. The van der Waals surface area contributed by atoms with Gasteiger partial charge in [0.2, 0.25) is 5.91 Å². The Bertz CT molecular complexity index is 625. The van der Waals surface area contributed by atoms with Gasteiger partial charge in [-0.3, -0.25) is 10.2 Å². The maximum atomic E-state index is 12.0. The number of carbonyl (C=O) groups excluding carboxylic acids is 1. The van der Waals surface area contributed by atoms with Gasteiger partial charge in [0.15, 0.2) is 0 Å². The molecule has 0 spiro atoms. The van der Waals surface area contributed by atoms with E-state index >= 15 is 0 Å². The summed E-state index contributed by atoms with van der Waals surface area (Å²) in [4.78, 5) is 15.1. The van der Waals surface area contributed by atoms with Crippen molar-refractivity contribution in [3.05, 3.63) is 36.0 Å². The summed E-state index contributed by atoms with van der Waals surface area (Å²) in [6.45, 7) is 0.874. The van der Waals surface area contributed by atoms with E-state index in [1.165, 1.54) is 0 Å². The van der Waals surface area contributed by atoms with E-state index in [1.807, 2.05) is 24.3 Å². The Kier molecular flexibility index (Phi) is 3.05. The van der Waals surface area contributed by atoms with Crippen LogP contribution in [-0.4, -0.2) is 29.3 Å². The van der Waals surface area contributed by atoms with E-state index in [-0.39, 0.29) is 17.8 Å². The summed E-state index contributed by atoms with van der Waals surface area (Å²) in [5.74, 6) is 0.0314. The fraction of sp³-hybridized carbons (Fsp3) is 0.286. The molecule has 1 atom stereocenters. The van der Waals surface area contributed by atoms with E-state index in [9.17, 15) is 4.79 Å². The van der Waals surface area contributed by atoms with Crippen LogP contribution in [0.25, 0.3) is 10.9 Å². The van der Waals surface area contributed by atoms with Crippen molar-refractivity contribution in [1.82, 2.24) is 15.6 Å². The molecule has 1 amide bonds. The quantitative estimate of drug-likeness (QED) is 0.483. The standard InChI is InChI=1S/C14H16N4O/c15-13(18-14(19)12-6-3-7-16-12)10-8-17-11-5-2-1-4-9(10)11/h1-2,4-5,8,12,16-17H,3,6-7H2,(H2,15,18,19)/t12-/m0/s1. The summed E-state index contributed by atoms with van der Waals surface area (Å²) in [7, 11) is 0. The lowest BCUT2D eigenvalue weighted by atomic mass is 10.1. The van der Waals surface area contributed by atoms with Gasteiger partial charge in [0.1, 0.15) is 5.84 Å². The number of nitrogens with one attached hydrogen (secondary N) is 4. The zero-order chi connectivity index (χ0) is 13.2. The van der Waals surface area contributed by atoms with Crippen molar-refractivity contribution < 1.29 is 4.79 Å². The van der Waals surface area contributed by atoms with Crippen LogP contribution < -0.4 is 10.6 Å². The summed E-state index contributed by atoms with van der Waals surface area (Å²) >= 11 is 0. The number of aromatic amines is 1. The highest BCUT2D eigenvalue weighted by molar-refractivity contribution is 6.14. The molecule has 0 saturated carbocycles. The van der Waals surface area contributed by atoms with Crippen LogP contribution in [0.3, 0.4) is 0 Å². The molecule has 98 valence electrons. The first-order valence-electron chi connectivity index (χ1n) is 6.45. The van der Waals surface area contributed by atoms with E-state index in [1.54, 1.807) is 6.20 Å². The highest BCUT2D eigenvalue weighted by atomic mass is 16.2. The van der Waals surface area contributed by atoms with Gasteiger partial charge in [-0.05, 0) is 25.5 Å². The predicted octanol–water partition coefficient (Wildman–Crippen LogP) is 1.36. The minimum atomic E-state index is -0.162. The summed E-state index contributed by atoms with van der Waals surface area (Å²) < 4.78 is 0. The van der Waals surface area contributed by atoms with E-state index < -0.39 is 0 Å². The van der Waals surface area contributed by atoms with Crippen LogP contribution in [-0.2, 0) is 4.79 Å². The molecule has 4 N–H and O–H groups in total. The smallest absolute Gasteiger partial charge is 0.242 e. The topological polar surface area (TPSA) is 80.8 Å². The molecule has 5 nitrogen and oxygen atoms in total. The third-order valence-corrected chi connectivity index (χ3v) is 3.48. The summed E-state index contributed by atoms with van der Waals surface area (Å²) in [6.07, 6.45) is 3.61. The average Bonchev–Trinajstić information content (AvgIpc) is 3.08. The van der Waals surface area contributed by atoms with E-state index in [4.69, 9.17) is 5.41 Å². The number of aromatic nitrogens is 1. The highest BCUT2D eigenvalue weighted by Gasteiger charge is 2.23. The Morgan fingerprint density at radius 3 is 3.00 bits per heavy atom. The molecule has 0 bridgehead atoms. The van der Waals surface area contributed by atoms with Crippen LogP contribution in [0.5, 0.6) is 0 Å². The lowest BCUT2D eigenvalue weighted by molar-refractivity contribution is -0.121. The van der Waals surface area contributed by atoms with E-state index in [0.717, 1.165) is 35.9 Å². The number of hydrogen-bond acceptors (Lipinski definition) is 3. The third-order valence-electron chi connectivity index (χ3n) is 3.48. The molecule has 2 aromatic rings. The van der Waals surface area contributed by atoms with Gasteiger partial charge in [0.05, 0.1) is 6.04 Å². The molecule has 0 unspecified atom stereocenters. The number of H-pyrrole nitrogens is 1. The third kappa shape index (κ3) is 2.24. The Morgan fingerprint density at radius 1 is 1.37 bits per heavy atom. The summed E-state index contributed by atoms with van der Waals surface area (Å²) in [5, 5.41) is 14.8. The molecule has 19 heavy (non-hydrogen) atoms. The molecular formula is C14H16N4O. The van der Waals surface area contributed by atoms with Gasteiger partial charge in [-0.15, -0.1) is 0 Å². The Morgan fingerprint density at radius 2 is 2.21 bits per heavy atom. The Labute approximate surface area is 110 Å². The first-order chi connectivity index (χ1) is 9.25. The number of amidine groups is 1. The molecular weight excluding hydrogens is 240 g/mol. The first kappa shape index (κ1) is 11.9. The summed E-state index contributed by atoms with van der Waals surface area (Å²) in [6, 6.07) is 7.59. The van der Waals surface area contributed by atoms with Crippen molar-refractivity contribution in [3.8, 4) is 0 Å². The lowest BCUT2D eigenvalue weighted by Gasteiger charge is -2.11. The fourth-order valence-electron chi connectivity index (χ4n) is 2.46. The normalized spacial score (nSPS) is 18.6. The number of fused-ring (bicyclic) bond motifs is 1. The van der Waals surface area contributed by atoms with Gasteiger partial charge in [0.25, 0.3) is 0 Å². The highest BCUT2D eigenvalue weighted by Crippen LogP contribution is 2.17. The Balaban J connectivity index is 1.78. The summed E-state index contributed by atoms with van der Waals surface area (Å²) in [5.41, 5.74) is 1.69. The van der Waals surface area contributed by atoms with Crippen LogP contribution in [0.15, 0.2) is 30.5 Å². The molecule has 3 rings (SSSR count). The van der Waals surface area contributed by atoms with Gasteiger partial charge >= 0.3 is 0 Å². The molecule has 1 aromatic carbocycles. The molecule has 0 radical (unpaired) electrons. The number of rotatable bonds is 2. The number of carbonyl (C=O) groups is 1. The molecule has 0 aliphatic carbocycles. The van der Waals surface area contributed by atoms with Crippen LogP contribution >= 0.6 is 0 Å². The van der Waals surface area contributed by atoms with Gasteiger partial charge in [-0.1, -0.05) is 18.2 Å². The van der Waals surface area contributed by atoms with E-state index in [0.29, 0.717) is 0 Å². The average molecular weight is 256 g/mol. The molecule has 1 saturated heterocycles. The van der Waals surface area contributed by atoms with E-state index in [2.05, 4.69) is 15.6 Å². The molecule has 2 heterocycles. The second kappa shape index (κ2) is 4.85. The number of benzene rings is 1. The zero-order valence-electron chi connectivity index (χ0n) is 10.5. The second-order valence-corrected chi connectivity index (χ2v) is 4.76. The predicted molar refractivity (Wildman–Crippen MR) is 74.3 cm³/mol. The van der Waals surface area contributed by atoms with Crippen LogP contribution in [0, 0.1) is 5.41 Å². The number of para-hydroxylation sites is 1. The lowest BCUT2D eigenvalue weighted by Crippen LogP contribution is -2.43. The maximum absolute atomic E-state index is 12.0. The minimum Gasteiger partial charge on any atom is -0.360 e. The van der Waals surface area contributed by atoms with Crippen molar-refractivity contribution in [3.63, 3.8) is 0 Å². The maximum Gasteiger partial charge on any atom is 0.242 e. The van der Waals surface area contributed by atoms with Crippen molar-refractivity contribution in [2.24, 2.45) is 0 Å². The van der Waals surface area contributed by atoms with Crippen molar-refractivity contribution in [1.29, 1.82) is 5.41 Å². The van der Waals surface area contributed by atoms with Crippen molar-refractivity contribution in [2.75, 3.05) is 6.54 Å².